The molecule has 0 fully saturated rings. The monoisotopic (exact) mass is 498 g/mol. The largest absolute Gasteiger partial charge is 0.481 e. The predicted molar refractivity (Wildman–Crippen MR) is 136 cm³/mol. The SMILES string of the molecule is CN(C[C@H](O)CNC(C)(C)CCCc1ccccc1)Sc1cc(CCCC(=O)O)c(Cl)s1. The summed E-state index contributed by atoms with van der Waals surface area (Å²) in [6, 6.07) is 12.5. The van der Waals surface area contributed by atoms with Crippen LogP contribution in [0.25, 0.3) is 0 Å². The molecule has 0 amide bonds. The van der Waals surface area contributed by atoms with Gasteiger partial charge in [-0.2, -0.15) is 0 Å². The molecule has 2 rings (SSSR count). The summed E-state index contributed by atoms with van der Waals surface area (Å²) in [5.74, 6) is -0.785. The van der Waals surface area contributed by atoms with E-state index in [1.54, 1.807) is 11.9 Å². The molecule has 1 heterocycles. The first-order valence-electron chi connectivity index (χ1n) is 11.0. The number of aliphatic hydroxyl groups is 1. The van der Waals surface area contributed by atoms with Crippen LogP contribution in [0.2, 0.25) is 4.34 Å². The molecule has 1 atom stereocenters. The summed E-state index contributed by atoms with van der Waals surface area (Å²) in [6.07, 6.45) is 4.12. The van der Waals surface area contributed by atoms with Gasteiger partial charge in [0.15, 0.2) is 0 Å². The second-order valence-electron chi connectivity index (χ2n) is 8.77. The summed E-state index contributed by atoms with van der Waals surface area (Å²) in [6.45, 7) is 5.43. The summed E-state index contributed by atoms with van der Waals surface area (Å²) >= 11 is 9.36. The summed E-state index contributed by atoms with van der Waals surface area (Å²) in [7, 11) is 1.95. The molecule has 0 aliphatic rings. The number of aliphatic hydroxyl groups excluding tert-OH is 1. The van der Waals surface area contributed by atoms with Crippen LogP contribution in [-0.4, -0.2) is 52.3 Å². The number of aliphatic carboxylic acids is 1. The van der Waals surface area contributed by atoms with Gasteiger partial charge in [-0.05, 0) is 82.1 Å². The lowest BCUT2D eigenvalue weighted by Gasteiger charge is -2.29. The van der Waals surface area contributed by atoms with Gasteiger partial charge in [-0.3, -0.25) is 4.79 Å². The first kappa shape index (κ1) is 27.2. The third-order valence-corrected chi connectivity index (χ3v) is 7.68. The number of rotatable bonds is 15. The molecule has 0 saturated carbocycles. The van der Waals surface area contributed by atoms with Crippen molar-refractivity contribution >= 4 is 40.9 Å². The quantitative estimate of drug-likeness (QED) is 0.281. The van der Waals surface area contributed by atoms with Crippen molar-refractivity contribution in [3.8, 4) is 0 Å². The maximum Gasteiger partial charge on any atom is 0.303 e. The van der Waals surface area contributed by atoms with E-state index in [1.165, 1.54) is 16.9 Å². The number of thiophene rings is 1. The number of aryl methyl sites for hydroxylation is 2. The van der Waals surface area contributed by atoms with Gasteiger partial charge < -0.3 is 15.5 Å². The number of likely N-dealkylation sites (N-methyl/N-ethyl adjacent to an activating group) is 1. The van der Waals surface area contributed by atoms with E-state index in [9.17, 15) is 9.90 Å². The van der Waals surface area contributed by atoms with Crippen LogP contribution < -0.4 is 5.32 Å². The second-order valence-corrected chi connectivity index (χ2v) is 11.9. The van der Waals surface area contributed by atoms with Crippen molar-refractivity contribution in [2.75, 3.05) is 20.1 Å². The smallest absolute Gasteiger partial charge is 0.303 e. The average Bonchev–Trinajstić information content (AvgIpc) is 3.05. The van der Waals surface area contributed by atoms with E-state index in [0.717, 1.165) is 29.0 Å². The molecule has 32 heavy (non-hydrogen) atoms. The number of benzene rings is 1. The van der Waals surface area contributed by atoms with Gasteiger partial charge in [0.2, 0.25) is 0 Å². The molecule has 0 spiro atoms. The van der Waals surface area contributed by atoms with Gasteiger partial charge in [0, 0.05) is 25.0 Å². The minimum Gasteiger partial charge on any atom is -0.481 e. The second kappa shape index (κ2) is 13.6. The highest BCUT2D eigenvalue weighted by Gasteiger charge is 2.19. The van der Waals surface area contributed by atoms with Crippen LogP contribution in [0, 0.1) is 0 Å². The number of β-amino-alcohol motifs (C(OH)–C–C–N with tert-alkyl or cyclic N) is 1. The number of carboxylic acids is 1. The van der Waals surface area contributed by atoms with Gasteiger partial charge >= 0.3 is 5.97 Å². The Balaban J connectivity index is 1.69. The molecule has 0 bridgehead atoms. The fraction of sp³-hybridized carbons (Fsp3) is 0.542. The Morgan fingerprint density at radius 2 is 1.97 bits per heavy atom. The number of carbonyl (C=O) groups is 1. The number of nitrogens with one attached hydrogen (secondary N) is 1. The molecule has 0 unspecified atom stereocenters. The zero-order valence-corrected chi connectivity index (χ0v) is 21.5. The fourth-order valence-electron chi connectivity index (χ4n) is 3.44. The van der Waals surface area contributed by atoms with E-state index < -0.39 is 12.1 Å². The molecular weight excluding hydrogens is 464 g/mol. The number of hydrogen-bond acceptors (Lipinski definition) is 6. The van der Waals surface area contributed by atoms with Crippen molar-refractivity contribution in [3.05, 3.63) is 51.9 Å². The molecule has 2 aromatic rings. The van der Waals surface area contributed by atoms with Gasteiger partial charge in [0.25, 0.3) is 0 Å². The normalized spacial score (nSPS) is 12.9. The summed E-state index contributed by atoms with van der Waals surface area (Å²) in [5.41, 5.74) is 2.32. The predicted octanol–water partition coefficient (Wildman–Crippen LogP) is 5.50. The minimum atomic E-state index is -0.785. The molecule has 0 aliphatic carbocycles. The molecule has 1 aromatic carbocycles. The van der Waals surface area contributed by atoms with E-state index in [2.05, 4.69) is 43.4 Å². The Morgan fingerprint density at radius 1 is 1.25 bits per heavy atom. The van der Waals surface area contributed by atoms with Crippen molar-refractivity contribution in [3.63, 3.8) is 0 Å². The standard InChI is InChI=1S/C24H35ClN2O3S2/c1-24(2,14-8-11-18-9-5-4-6-10-18)26-16-20(28)17-27(3)32-22-15-19(23(25)31-22)12-7-13-21(29)30/h4-6,9-10,15,20,26,28H,7-8,11-14,16-17H2,1-3H3,(H,29,30)/t20-/m1/s1. The lowest BCUT2D eigenvalue weighted by Crippen LogP contribution is -2.45. The molecule has 8 heteroatoms. The Bertz CT molecular complexity index is 830. The van der Waals surface area contributed by atoms with Crippen LogP contribution in [0.15, 0.2) is 40.6 Å². The van der Waals surface area contributed by atoms with E-state index in [0.29, 0.717) is 30.3 Å². The van der Waals surface area contributed by atoms with Crippen molar-refractivity contribution in [1.82, 2.24) is 9.62 Å². The topological polar surface area (TPSA) is 72.8 Å². The minimum absolute atomic E-state index is 0.0341. The van der Waals surface area contributed by atoms with Crippen molar-refractivity contribution < 1.29 is 15.0 Å². The van der Waals surface area contributed by atoms with Crippen LogP contribution in [0.4, 0.5) is 0 Å². The molecule has 3 N–H and O–H groups in total. The molecule has 1 aromatic heterocycles. The third-order valence-electron chi connectivity index (χ3n) is 5.21. The molecular formula is C24H35ClN2O3S2. The third kappa shape index (κ3) is 10.7. The van der Waals surface area contributed by atoms with E-state index in [-0.39, 0.29) is 12.0 Å². The van der Waals surface area contributed by atoms with E-state index in [4.69, 9.17) is 16.7 Å². The van der Waals surface area contributed by atoms with Crippen molar-refractivity contribution in [1.29, 1.82) is 0 Å². The highest BCUT2D eigenvalue weighted by Crippen LogP contribution is 2.36. The fourth-order valence-corrected chi connectivity index (χ4v) is 6.18. The maximum atomic E-state index is 10.7. The highest BCUT2D eigenvalue weighted by atomic mass is 35.5. The Labute approximate surface area is 205 Å². The van der Waals surface area contributed by atoms with Gasteiger partial charge in [0.1, 0.15) is 0 Å². The maximum absolute atomic E-state index is 10.7. The number of nitrogens with zero attached hydrogens (tertiary/aromatic N) is 1. The van der Waals surface area contributed by atoms with Crippen LogP contribution in [-0.2, 0) is 17.6 Å². The Morgan fingerprint density at radius 3 is 2.66 bits per heavy atom. The molecule has 5 nitrogen and oxygen atoms in total. The van der Waals surface area contributed by atoms with Crippen LogP contribution in [0.1, 0.15) is 50.7 Å². The summed E-state index contributed by atoms with van der Waals surface area (Å²) in [4.78, 5) is 10.7. The van der Waals surface area contributed by atoms with Crippen molar-refractivity contribution in [2.24, 2.45) is 0 Å². The molecule has 0 radical (unpaired) electrons. The Hall–Kier alpha value is -1.09. The van der Waals surface area contributed by atoms with Gasteiger partial charge in [-0.15, -0.1) is 11.3 Å². The van der Waals surface area contributed by atoms with Crippen LogP contribution in [0.3, 0.4) is 0 Å². The lowest BCUT2D eigenvalue weighted by molar-refractivity contribution is -0.137. The van der Waals surface area contributed by atoms with E-state index in [1.807, 2.05) is 23.5 Å². The van der Waals surface area contributed by atoms with Gasteiger partial charge in [0.05, 0.1) is 14.6 Å². The first-order chi connectivity index (χ1) is 15.1. The van der Waals surface area contributed by atoms with Gasteiger partial charge in [-0.1, -0.05) is 41.9 Å². The Kier molecular flexibility index (Phi) is 11.5. The first-order valence-corrected chi connectivity index (χ1v) is 13.0. The zero-order chi connectivity index (χ0) is 23.6. The van der Waals surface area contributed by atoms with Crippen LogP contribution >= 0.6 is 34.9 Å². The van der Waals surface area contributed by atoms with Crippen LogP contribution in [0.5, 0.6) is 0 Å². The van der Waals surface area contributed by atoms with E-state index >= 15 is 0 Å². The highest BCUT2D eigenvalue weighted by molar-refractivity contribution is 7.99. The molecule has 0 aliphatic heterocycles. The number of carboxylic acid groups (broad SMARTS) is 1. The number of hydrogen-bond donors (Lipinski definition) is 3. The number of halogens is 1. The summed E-state index contributed by atoms with van der Waals surface area (Å²) < 4.78 is 3.77. The molecule has 0 saturated heterocycles. The summed E-state index contributed by atoms with van der Waals surface area (Å²) in [5, 5.41) is 22.8. The average molecular weight is 499 g/mol. The lowest BCUT2D eigenvalue weighted by atomic mass is 9.95. The molecule has 178 valence electrons. The zero-order valence-electron chi connectivity index (χ0n) is 19.1. The van der Waals surface area contributed by atoms with Gasteiger partial charge in [-0.25, -0.2) is 4.31 Å². The van der Waals surface area contributed by atoms with Crippen molar-refractivity contribution in [2.45, 2.75) is 68.2 Å².